The Morgan fingerprint density at radius 2 is 1.70 bits per heavy atom. The quantitative estimate of drug-likeness (QED) is 0.275. The summed E-state index contributed by atoms with van der Waals surface area (Å²) >= 11 is 0. The lowest BCUT2D eigenvalue weighted by Gasteiger charge is -2.35. The molecule has 14 heteroatoms. The lowest BCUT2D eigenvalue weighted by Crippen LogP contribution is -2.53. The lowest BCUT2D eigenvalue weighted by molar-refractivity contribution is -0.124. The first-order valence-electron chi connectivity index (χ1n) is 14.5. The van der Waals surface area contributed by atoms with Crippen molar-refractivity contribution in [2.24, 2.45) is 11.8 Å². The van der Waals surface area contributed by atoms with Crippen LogP contribution in [0.25, 0.3) is 0 Å². The first kappa shape index (κ1) is 33.1. The summed E-state index contributed by atoms with van der Waals surface area (Å²) in [5, 5.41) is 17.3. The Labute approximate surface area is 254 Å². The van der Waals surface area contributed by atoms with Gasteiger partial charge in [0.25, 0.3) is 0 Å². The van der Waals surface area contributed by atoms with Crippen molar-refractivity contribution >= 4 is 26.0 Å². The summed E-state index contributed by atoms with van der Waals surface area (Å²) < 4.78 is 67.3. The zero-order valence-electron chi connectivity index (χ0n) is 24.8. The van der Waals surface area contributed by atoms with Crippen LogP contribution in [0.2, 0.25) is 0 Å². The number of carbonyl (C=O) groups is 1. The number of amides is 1. The van der Waals surface area contributed by atoms with Crippen LogP contribution in [0.15, 0.2) is 53.4 Å². The Bertz CT molecular complexity index is 1450. The third-order valence-corrected chi connectivity index (χ3v) is 11.4. The van der Waals surface area contributed by atoms with Crippen LogP contribution >= 0.6 is 0 Å². The highest BCUT2D eigenvalue weighted by molar-refractivity contribution is 7.89. The first-order chi connectivity index (χ1) is 20.4. The summed E-state index contributed by atoms with van der Waals surface area (Å²) in [6.45, 7) is 6.94. The fourth-order valence-corrected chi connectivity index (χ4v) is 8.73. The SMILES string of the molecule is CC(C)CN(C(Cc1ccccc1)[C@H](O)CNC(=O)[C@@H](C)CS(=O)(=O)N1CCNCC1)S(=O)(=O)c1ccc2c(c1)OCO2. The van der Waals surface area contributed by atoms with E-state index in [1.807, 2.05) is 44.2 Å². The molecular weight excluding hydrogens is 596 g/mol. The van der Waals surface area contributed by atoms with E-state index in [1.165, 1.54) is 27.7 Å². The van der Waals surface area contributed by atoms with Gasteiger partial charge in [-0.2, -0.15) is 8.61 Å². The van der Waals surface area contributed by atoms with Crippen LogP contribution in [0.5, 0.6) is 11.5 Å². The molecule has 0 aromatic heterocycles. The van der Waals surface area contributed by atoms with E-state index in [9.17, 15) is 26.7 Å². The minimum absolute atomic E-state index is 0.00144. The first-order valence-corrected chi connectivity index (χ1v) is 17.5. The zero-order valence-corrected chi connectivity index (χ0v) is 26.4. The zero-order chi connectivity index (χ0) is 31.2. The minimum Gasteiger partial charge on any atom is -0.454 e. The summed E-state index contributed by atoms with van der Waals surface area (Å²) in [6, 6.07) is 12.7. The number of hydrogen-bond donors (Lipinski definition) is 3. The van der Waals surface area contributed by atoms with Crippen LogP contribution in [0.1, 0.15) is 26.3 Å². The highest BCUT2D eigenvalue weighted by atomic mass is 32.2. The van der Waals surface area contributed by atoms with Crippen molar-refractivity contribution in [3.63, 3.8) is 0 Å². The van der Waals surface area contributed by atoms with Crippen LogP contribution in [-0.2, 0) is 31.3 Å². The molecule has 2 aromatic rings. The van der Waals surface area contributed by atoms with E-state index >= 15 is 0 Å². The van der Waals surface area contributed by atoms with E-state index in [0.717, 1.165) is 5.56 Å². The predicted octanol–water partition coefficient (Wildman–Crippen LogP) is 1.02. The average molecular weight is 639 g/mol. The van der Waals surface area contributed by atoms with Crippen LogP contribution in [0.3, 0.4) is 0 Å². The number of nitrogens with one attached hydrogen (secondary N) is 2. The van der Waals surface area contributed by atoms with Gasteiger partial charge in [-0.15, -0.1) is 0 Å². The maximum Gasteiger partial charge on any atom is 0.243 e. The highest BCUT2D eigenvalue weighted by Gasteiger charge is 2.37. The third-order valence-electron chi connectivity index (χ3n) is 7.46. The number of sulfonamides is 2. The minimum atomic E-state index is -4.14. The number of benzene rings is 2. The van der Waals surface area contributed by atoms with Gasteiger partial charge < -0.3 is 25.2 Å². The normalized spacial score (nSPS) is 18.0. The molecule has 2 aliphatic heterocycles. The maximum atomic E-state index is 14.1. The largest absolute Gasteiger partial charge is 0.454 e. The molecule has 0 aliphatic carbocycles. The number of aliphatic hydroxyl groups excluding tert-OH is 1. The van der Waals surface area contributed by atoms with Gasteiger partial charge in [-0.3, -0.25) is 4.79 Å². The van der Waals surface area contributed by atoms with Crippen LogP contribution in [-0.4, -0.2) is 100 Å². The standard InChI is InChI=1S/C29H42N4O8S2/c1-21(2)18-33(43(38,39)24-9-10-27-28(16-24)41-20-40-27)25(15-23-7-5-4-6-8-23)26(34)17-31-29(35)22(3)19-42(36,37)32-13-11-30-12-14-32/h4-10,16,21-22,25-26,30,34H,11-15,17-20H2,1-3H3,(H,31,35)/t22-,25?,26+/m0/s1. The molecule has 2 aromatic carbocycles. The molecule has 1 fully saturated rings. The molecule has 0 spiro atoms. The summed E-state index contributed by atoms with van der Waals surface area (Å²) in [7, 11) is -7.78. The van der Waals surface area contributed by atoms with Crippen molar-refractivity contribution < 1.29 is 36.2 Å². The van der Waals surface area contributed by atoms with Gasteiger partial charge in [0.15, 0.2) is 11.5 Å². The molecule has 43 heavy (non-hydrogen) atoms. The number of carbonyl (C=O) groups excluding carboxylic acids is 1. The van der Waals surface area contributed by atoms with Gasteiger partial charge in [0.1, 0.15) is 0 Å². The summed E-state index contributed by atoms with van der Waals surface area (Å²) in [5.74, 6) is -1.08. The van der Waals surface area contributed by atoms with E-state index in [2.05, 4.69) is 10.6 Å². The second-order valence-corrected chi connectivity index (χ2v) is 15.3. The molecule has 4 rings (SSSR count). The Morgan fingerprint density at radius 1 is 1.02 bits per heavy atom. The van der Waals surface area contributed by atoms with Gasteiger partial charge in [0.05, 0.1) is 28.7 Å². The third kappa shape index (κ3) is 8.46. The van der Waals surface area contributed by atoms with Gasteiger partial charge in [-0.1, -0.05) is 51.1 Å². The number of ether oxygens (including phenoxy) is 2. The van der Waals surface area contributed by atoms with E-state index < -0.39 is 44.0 Å². The van der Waals surface area contributed by atoms with E-state index in [1.54, 1.807) is 6.07 Å². The second-order valence-electron chi connectivity index (χ2n) is 11.4. The van der Waals surface area contributed by atoms with Crippen LogP contribution in [0.4, 0.5) is 0 Å². The predicted molar refractivity (Wildman–Crippen MR) is 162 cm³/mol. The number of hydrogen-bond acceptors (Lipinski definition) is 9. The Kier molecular flexibility index (Phi) is 11.1. The van der Waals surface area contributed by atoms with E-state index in [0.29, 0.717) is 37.7 Å². The molecule has 1 unspecified atom stereocenters. The molecule has 238 valence electrons. The molecule has 3 atom stereocenters. The van der Waals surface area contributed by atoms with Crippen molar-refractivity contribution in [2.75, 3.05) is 51.8 Å². The topological polar surface area (TPSA) is 155 Å². The van der Waals surface area contributed by atoms with Crippen LogP contribution < -0.4 is 20.1 Å². The van der Waals surface area contributed by atoms with Crippen molar-refractivity contribution in [3.05, 3.63) is 54.1 Å². The fourth-order valence-electron chi connectivity index (χ4n) is 5.16. The highest BCUT2D eigenvalue weighted by Crippen LogP contribution is 2.35. The van der Waals surface area contributed by atoms with E-state index in [4.69, 9.17) is 9.47 Å². The summed E-state index contributed by atoms with van der Waals surface area (Å²) in [6.07, 6.45) is -1.12. The molecule has 0 bridgehead atoms. The van der Waals surface area contributed by atoms with E-state index in [-0.39, 0.29) is 42.9 Å². The van der Waals surface area contributed by atoms with Crippen molar-refractivity contribution in [1.82, 2.24) is 19.2 Å². The smallest absolute Gasteiger partial charge is 0.243 e. The number of aliphatic hydroxyl groups is 1. The van der Waals surface area contributed by atoms with Gasteiger partial charge in [-0.25, -0.2) is 16.8 Å². The fraction of sp³-hybridized carbons (Fsp3) is 0.552. The molecule has 1 saturated heterocycles. The number of nitrogens with zero attached hydrogens (tertiary/aromatic N) is 2. The number of fused-ring (bicyclic) bond motifs is 1. The number of piperazine rings is 1. The lowest BCUT2D eigenvalue weighted by atomic mass is 10.00. The Balaban J connectivity index is 1.54. The van der Waals surface area contributed by atoms with Gasteiger partial charge in [-0.05, 0) is 30.0 Å². The maximum absolute atomic E-state index is 14.1. The summed E-state index contributed by atoms with van der Waals surface area (Å²) in [4.78, 5) is 13.0. The van der Waals surface area contributed by atoms with Gasteiger partial charge in [0.2, 0.25) is 32.7 Å². The molecular formula is C29H42N4O8S2. The average Bonchev–Trinajstić information content (AvgIpc) is 3.46. The molecule has 2 heterocycles. The van der Waals surface area contributed by atoms with Gasteiger partial charge >= 0.3 is 0 Å². The molecule has 3 N–H and O–H groups in total. The molecule has 0 saturated carbocycles. The van der Waals surface area contributed by atoms with Crippen molar-refractivity contribution in [1.29, 1.82) is 0 Å². The van der Waals surface area contributed by atoms with Crippen molar-refractivity contribution in [3.8, 4) is 11.5 Å². The van der Waals surface area contributed by atoms with Crippen molar-refractivity contribution in [2.45, 2.75) is 44.2 Å². The second kappa shape index (κ2) is 14.4. The molecule has 1 amide bonds. The Hall–Kier alpha value is -2.75. The molecule has 0 radical (unpaired) electrons. The summed E-state index contributed by atoms with van der Waals surface area (Å²) in [5.41, 5.74) is 0.808. The van der Waals surface area contributed by atoms with Crippen LogP contribution in [0, 0.1) is 11.8 Å². The molecule has 2 aliphatic rings. The Morgan fingerprint density at radius 3 is 2.37 bits per heavy atom. The molecule has 12 nitrogen and oxygen atoms in total. The number of rotatable bonds is 14. The van der Waals surface area contributed by atoms with Gasteiger partial charge in [0, 0.05) is 45.3 Å². The monoisotopic (exact) mass is 638 g/mol.